The fraction of sp³-hybridized carbons (Fsp3) is 0.218. The van der Waals surface area contributed by atoms with Crippen molar-refractivity contribution in [3.8, 4) is 88.9 Å². The number of hydrogen-bond donors (Lipinski definition) is 0. The third-order valence-corrected chi connectivity index (χ3v) is 22.4. The molecule has 16 aromatic rings. The smallest absolute Gasteiger partial charge is 0.368 e. The average molecular weight is 1590 g/mol. The molecule has 0 saturated carbocycles. The molecular formula is C87H87N17O8S3. The van der Waals surface area contributed by atoms with E-state index in [1.54, 1.807) is 62.2 Å². The first-order valence-corrected chi connectivity index (χ1v) is 39.5. The Bertz CT molecular complexity index is 5960. The van der Waals surface area contributed by atoms with Crippen LogP contribution in [0.3, 0.4) is 0 Å². The minimum atomic E-state index is -0.291. The van der Waals surface area contributed by atoms with Gasteiger partial charge in [0.25, 0.3) is 0 Å². The highest BCUT2D eigenvalue weighted by molar-refractivity contribution is 7.15. The summed E-state index contributed by atoms with van der Waals surface area (Å²) in [6.45, 7) is 21.7. The molecule has 0 N–H and O–H groups in total. The maximum Gasteiger partial charge on any atom is 0.368 e. The van der Waals surface area contributed by atoms with Crippen LogP contribution in [-0.4, -0.2) is 83.7 Å². The monoisotopic (exact) mass is 1590 g/mol. The van der Waals surface area contributed by atoms with Gasteiger partial charge in [0, 0.05) is 84.5 Å². The van der Waals surface area contributed by atoms with Crippen molar-refractivity contribution < 1.29 is 18.9 Å². The van der Waals surface area contributed by atoms with E-state index < -0.39 is 0 Å². The van der Waals surface area contributed by atoms with Crippen LogP contribution in [0.5, 0.6) is 23.0 Å². The van der Waals surface area contributed by atoms with E-state index in [-0.39, 0.29) is 22.8 Å². The summed E-state index contributed by atoms with van der Waals surface area (Å²) in [7, 11) is 8.33. The minimum Gasteiger partial charge on any atom is -0.489 e. The number of rotatable bonds is 20. The van der Waals surface area contributed by atoms with Crippen LogP contribution in [-0.2, 0) is 61.7 Å². The number of hydrogen-bond acceptors (Lipinski definition) is 19. The largest absolute Gasteiger partial charge is 0.489 e. The molecule has 0 amide bonds. The highest BCUT2D eigenvalue weighted by atomic mass is 32.1. The van der Waals surface area contributed by atoms with Crippen LogP contribution in [0.4, 0.5) is 0 Å². The van der Waals surface area contributed by atoms with Crippen LogP contribution < -0.4 is 41.7 Å². The summed E-state index contributed by atoms with van der Waals surface area (Å²) in [5, 5.41) is 37.5. The lowest BCUT2D eigenvalue weighted by atomic mass is 10.1. The zero-order valence-electron chi connectivity index (χ0n) is 66.6. The Morgan fingerprint density at radius 1 is 0.322 bits per heavy atom. The molecule has 0 aliphatic heterocycles. The molecule has 0 spiro atoms. The maximum atomic E-state index is 12.3. The molecule has 586 valence electrons. The fourth-order valence-corrected chi connectivity index (χ4v) is 15.4. The number of aromatic nitrogens is 17. The van der Waals surface area contributed by atoms with Gasteiger partial charge in [0.2, 0.25) is 0 Å². The van der Waals surface area contributed by atoms with Crippen molar-refractivity contribution >= 4 is 34.0 Å². The number of tetrazole rings is 4. The lowest BCUT2D eigenvalue weighted by Crippen LogP contribution is -2.23. The predicted molar refractivity (Wildman–Crippen MR) is 451 cm³/mol. The fourth-order valence-electron chi connectivity index (χ4n) is 12.9. The van der Waals surface area contributed by atoms with Gasteiger partial charge in [-0.2, -0.15) is 48.8 Å². The van der Waals surface area contributed by atoms with E-state index >= 15 is 0 Å². The molecule has 25 nitrogen and oxygen atoms in total. The molecule has 8 aromatic carbocycles. The van der Waals surface area contributed by atoms with Gasteiger partial charge in [-0.25, -0.2) is 19.2 Å². The summed E-state index contributed by atoms with van der Waals surface area (Å²) in [6.07, 6.45) is 4.12. The second kappa shape index (κ2) is 35.2. The molecule has 0 bridgehead atoms. The Labute approximate surface area is 675 Å². The SMILES string of the molecule is Cc1cc(-c2ccn(C)c2)ccc1OCc1c(C)cccc1-n1nnn(C)c1=O.Cc1cc(-c2ccsc2)ccc1OCc1c(C)cccc1-n1nnn(C)c1=O.Cc1ccc(-c2ccc(OCc3c(C)cccc3-n3nnn(C)c3=O)c(C)c2)s1.Cc1csc(-c2ccc(OCc3c(C)cccc3-n3nnn(C)c3=O)c(C)c2)c1. The molecule has 0 aliphatic carbocycles. The number of ether oxygens (including phenoxy) is 4. The van der Waals surface area contributed by atoms with E-state index in [4.69, 9.17) is 18.9 Å². The number of thiophene rings is 3. The standard InChI is InChI=1S/C22H23N5O2.2C22H22N4O2S.C21H20N4O2S/c1-15-6-5-7-20(27-22(28)26(4)23-24-27)19(15)14-29-21-9-8-17(12-16(21)2)18-10-11-25(3)13-18;1-14-6-5-7-19(26-22(27)25(4)23-24-26)18(14)13-28-20-10-9-17(12-15(20)2)21-11-8-16(3)29-21;1-14-10-21(29-13-14)17-8-9-20(16(3)11-17)28-12-18-15(2)6-5-7-19(18)26-22(27)25(4)23-24-26;1-14-5-4-6-19(25-21(26)24(3)22-23-25)18(14)12-27-20-8-7-16(11-15(20)2)17-9-10-28-13-17/h5-13H,14H2,1-4H3;5-12H,13H2,1-4H3;5-11,13H,12H2,1-4H3;4-11,13H,12H2,1-3H3. The molecule has 16 rings (SSSR count). The van der Waals surface area contributed by atoms with Gasteiger partial charge in [-0.1, -0.05) is 60.7 Å². The Morgan fingerprint density at radius 2 is 0.670 bits per heavy atom. The van der Waals surface area contributed by atoms with Gasteiger partial charge in [-0.3, -0.25) is 0 Å². The van der Waals surface area contributed by atoms with Crippen LogP contribution in [0.15, 0.2) is 224 Å². The summed E-state index contributed by atoms with van der Waals surface area (Å²) in [5.74, 6) is 3.27. The quantitative estimate of drug-likeness (QED) is 0.0687. The number of benzene rings is 8. The van der Waals surface area contributed by atoms with Crippen LogP contribution in [0.25, 0.3) is 65.9 Å². The molecule has 0 aliphatic rings. The predicted octanol–water partition coefficient (Wildman–Crippen LogP) is 15.5. The van der Waals surface area contributed by atoms with E-state index in [0.29, 0.717) is 49.2 Å². The zero-order valence-corrected chi connectivity index (χ0v) is 69.0. The molecule has 8 aromatic heterocycles. The van der Waals surface area contributed by atoms with Gasteiger partial charge in [0.15, 0.2) is 0 Å². The van der Waals surface area contributed by atoms with E-state index in [1.807, 2.05) is 170 Å². The summed E-state index contributed by atoms with van der Waals surface area (Å²) in [5.41, 5.74) is 22.0. The molecule has 0 unspecified atom stereocenters. The van der Waals surface area contributed by atoms with Crippen LogP contribution in [0.1, 0.15) is 77.2 Å². The van der Waals surface area contributed by atoms with E-state index in [2.05, 4.69) is 157 Å². The first-order chi connectivity index (χ1) is 55.3. The van der Waals surface area contributed by atoms with Crippen LogP contribution >= 0.6 is 34.0 Å². The third-order valence-electron chi connectivity index (χ3n) is 19.6. The van der Waals surface area contributed by atoms with Crippen LogP contribution in [0.2, 0.25) is 0 Å². The van der Waals surface area contributed by atoms with Gasteiger partial charge in [-0.15, -0.1) is 22.7 Å². The second-order valence-electron chi connectivity index (χ2n) is 28.0. The molecule has 0 radical (unpaired) electrons. The minimum absolute atomic E-state index is 0.288. The highest BCUT2D eigenvalue weighted by Gasteiger charge is 2.21. The Morgan fingerprint density at radius 3 is 0.957 bits per heavy atom. The van der Waals surface area contributed by atoms with Gasteiger partial charge >= 0.3 is 22.8 Å². The topological polar surface area (TPSA) is 253 Å². The first-order valence-electron chi connectivity index (χ1n) is 36.9. The van der Waals surface area contributed by atoms with E-state index in [0.717, 1.165) is 95.3 Å². The Balaban J connectivity index is 0.000000134. The normalized spacial score (nSPS) is 11.0. The van der Waals surface area contributed by atoms with E-state index in [1.165, 1.54) is 85.5 Å². The summed E-state index contributed by atoms with van der Waals surface area (Å²) in [4.78, 5) is 53.0. The molecule has 0 atom stereocenters. The average Bonchev–Trinajstić information content (AvgIpc) is 1.72. The number of aryl methyl sites for hydroxylation is 15. The van der Waals surface area contributed by atoms with Gasteiger partial charge < -0.3 is 23.5 Å². The molecule has 115 heavy (non-hydrogen) atoms. The van der Waals surface area contributed by atoms with Crippen molar-refractivity contribution in [1.82, 2.24) is 83.7 Å². The highest BCUT2D eigenvalue weighted by Crippen LogP contribution is 2.36. The number of nitrogens with zero attached hydrogens (tertiary/aromatic N) is 17. The van der Waals surface area contributed by atoms with Crippen molar-refractivity contribution in [2.75, 3.05) is 0 Å². The molecule has 28 heteroatoms. The van der Waals surface area contributed by atoms with Crippen molar-refractivity contribution in [1.29, 1.82) is 0 Å². The Kier molecular flexibility index (Phi) is 24.5. The van der Waals surface area contributed by atoms with Gasteiger partial charge in [0.05, 0.1) is 22.7 Å². The van der Waals surface area contributed by atoms with Crippen LogP contribution in [0, 0.1) is 69.2 Å². The molecule has 0 saturated heterocycles. The summed E-state index contributed by atoms with van der Waals surface area (Å²) < 4.78 is 36.6. The Hall–Kier alpha value is -13.2. The third kappa shape index (κ3) is 18.2. The first kappa shape index (κ1) is 79.9. The summed E-state index contributed by atoms with van der Waals surface area (Å²) >= 11 is 5.21. The zero-order chi connectivity index (χ0) is 81.3. The van der Waals surface area contributed by atoms with Crippen molar-refractivity contribution in [3.05, 3.63) is 324 Å². The molecule has 0 fully saturated rings. The van der Waals surface area contributed by atoms with Gasteiger partial charge in [-0.05, 0) is 326 Å². The lowest BCUT2D eigenvalue weighted by Gasteiger charge is -2.14. The summed E-state index contributed by atoms with van der Waals surface area (Å²) in [6, 6.07) is 58.5. The lowest BCUT2D eigenvalue weighted by molar-refractivity contribution is 0.302. The van der Waals surface area contributed by atoms with Crippen molar-refractivity contribution in [2.24, 2.45) is 35.2 Å². The van der Waals surface area contributed by atoms with Crippen molar-refractivity contribution in [3.63, 3.8) is 0 Å². The van der Waals surface area contributed by atoms with E-state index in [9.17, 15) is 19.2 Å². The molecular weight excluding hydrogens is 1510 g/mol. The van der Waals surface area contributed by atoms with Crippen molar-refractivity contribution in [2.45, 2.75) is 95.7 Å². The second-order valence-corrected chi connectivity index (χ2v) is 31.0. The maximum absolute atomic E-state index is 12.3. The molecule has 8 heterocycles. The van der Waals surface area contributed by atoms with Gasteiger partial charge in [0.1, 0.15) is 49.4 Å².